The van der Waals surface area contributed by atoms with Crippen molar-refractivity contribution in [2.75, 3.05) is 0 Å². The van der Waals surface area contributed by atoms with Gasteiger partial charge >= 0.3 is 0 Å². The molecule has 3 aromatic rings. The molecular formula is C15H9BrFN3O. The number of halogens is 2. The van der Waals surface area contributed by atoms with E-state index < -0.39 is 5.82 Å². The van der Waals surface area contributed by atoms with E-state index >= 15 is 0 Å². The third-order valence-electron chi connectivity index (χ3n) is 2.94. The molecule has 1 aromatic carbocycles. The van der Waals surface area contributed by atoms with E-state index in [-0.39, 0.29) is 0 Å². The Morgan fingerprint density at radius 3 is 2.62 bits per heavy atom. The highest BCUT2D eigenvalue weighted by atomic mass is 79.9. The summed E-state index contributed by atoms with van der Waals surface area (Å²) >= 11 is 3.36. The van der Waals surface area contributed by atoms with Gasteiger partial charge in [-0.05, 0) is 30.3 Å². The number of hydrogen-bond acceptors (Lipinski definition) is 3. The van der Waals surface area contributed by atoms with Gasteiger partial charge in [-0.25, -0.2) is 9.07 Å². The Morgan fingerprint density at radius 2 is 1.95 bits per heavy atom. The average molecular weight is 346 g/mol. The lowest BCUT2D eigenvalue weighted by atomic mass is 10.1. The fourth-order valence-electron chi connectivity index (χ4n) is 1.97. The Hall–Kier alpha value is -2.34. The first-order valence-electron chi connectivity index (χ1n) is 6.09. The summed E-state index contributed by atoms with van der Waals surface area (Å²) in [5, 5.41) is 4.36. The molecule has 0 radical (unpaired) electrons. The minimum Gasteiger partial charge on any atom is -0.298 e. The molecule has 0 aliphatic heterocycles. The van der Waals surface area contributed by atoms with Gasteiger partial charge in [0.1, 0.15) is 11.5 Å². The third kappa shape index (κ3) is 2.75. The highest BCUT2D eigenvalue weighted by Gasteiger charge is 2.12. The number of carbonyl (C=O) groups excluding carboxylic acids is 1. The molecule has 0 aliphatic carbocycles. The zero-order chi connectivity index (χ0) is 14.8. The van der Waals surface area contributed by atoms with E-state index in [1.807, 2.05) is 24.3 Å². The van der Waals surface area contributed by atoms with Crippen LogP contribution in [0.2, 0.25) is 0 Å². The van der Waals surface area contributed by atoms with E-state index in [0.717, 1.165) is 16.4 Å². The molecule has 0 amide bonds. The van der Waals surface area contributed by atoms with Gasteiger partial charge in [-0.2, -0.15) is 5.10 Å². The number of aromatic nitrogens is 3. The van der Waals surface area contributed by atoms with Crippen molar-refractivity contribution in [2.45, 2.75) is 0 Å². The molecule has 0 atom stereocenters. The van der Waals surface area contributed by atoms with Crippen molar-refractivity contribution in [2.24, 2.45) is 0 Å². The number of carbonyl (C=O) groups is 1. The van der Waals surface area contributed by atoms with Crippen molar-refractivity contribution < 1.29 is 9.18 Å². The van der Waals surface area contributed by atoms with E-state index in [0.29, 0.717) is 23.1 Å². The molecular weight excluding hydrogens is 337 g/mol. The summed E-state index contributed by atoms with van der Waals surface area (Å²) in [5.74, 6) is -0.470. The Labute approximate surface area is 128 Å². The van der Waals surface area contributed by atoms with Gasteiger partial charge < -0.3 is 0 Å². The predicted molar refractivity (Wildman–Crippen MR) is 79.8 cm³/mol. The number of pyridine rings is 1. The third-order valence-corrected chi connectivity index (χ3v) is 3.47. The minimum atomic E-state index is -0.470. The normalized spacial score (nSPS) is 10.6. The molecule has 2 aromatic heterocycles. The zero-order valence-corrected chi connectivity index (χ0v) is 12.3. The van der Waals surface area contributed by atoms with Crippen LogP contribution in [0.25, 0.3) is 16.9 Å². The van der Waals surface area contributed by atoms with Gasteiger partial charge in [0.15, 0.2) is 6.29 Å². The first-order chi connectivity index (χ1) is 10.2. The number of nitrogens with zero attached hydrogens (tertiary/aromatic N) is 3. The summed E-state index contributed by atoms with van der Waals surface area (Å²) in [5.41, 5.74) is 2.05. The van der Waals surface area contributed by atoms with Gasteiger partial charge in [-0.3, -0.25) is 9.78 Å². The molecule has 0 saturated heterocycles. The molecule has 2 heterocycles. The summed E-state index contributed by atoms with van der Waals surface area (Å²) < 4.78 is 15.8. The van der Waals surface area contributed by atoms with Gasteiger partial charge in [0.2, 0.25) is 0 Å². The summed E-state index contributed by atoms with van der Waals surface area (Å²) in [7, 11) is 0. The summed E-state index contributed by atoms with van der Waals surface area (Å²) in [6, 6.07) is 8.77. The quantitative estimate of drug-likeness (QED) is 0.680. The number of benzene rings is 1. The van der Waals surface area contributed by atoms with Crippen molar-refractivity contribution in [1.29, 1.82) is 0 Å². The van der Waals surface area contributed by atoms with Crippen LogP contribution in [0.15, 0.2) is 53.4 Å². The molecule has 6 heteroatoms. The van der Waals surface area contributed by atoms with Crippen molar-refractivity contribution in [3.63, 3.8) is 0 Å². The average Bonchev–Trinajstić information content (AvgIpc) is 2.92. The first-order valence-corrected chi connectivity index (χ1v) is 6.88. The molecule has 0 spiro atoms. The topological polar surface area (TPSA) is 47.8 Å². The van der Waals surface area contributed by atoms with Crippen LogP contribution in [0.3, 0.4) is 0 Å². The maximum absolute atomic E-state index is 13.3. The number of aldehydes is 1. The first kappa shape index (κ1) is 13.6. The van der Waals surface area contributed by atoms with Crippen molar-refractivity contribution in [3.05, 3.63) is 64.8 Å². The van der Waals surface area contributed by atoms with E-state index in [1.54, 1.807) is 10.9 Å². The Morgan fingerprint density at radius 1 is 1.19 bits per heavy atom. The highest BCUT2D eigenvalue weighted by Crippen LogP contribution is 2.23. The predicted octanol–water partition coefficient (Wildman–Crippen LogP) is 3.65. The van der Waals surface area contributed by atoms with Crippen molar-refractivity contribution >= 4 is 22.2 Å². The van der Waals surface area contributed by atoms with E-state index in [2.05, 4.69) is 26.0 Å². The van der Waals surface area contributed by atoms with Gasteiger partial charge in [0.05, 0.1) is 17.4 Å². The lowest BCUT2D eigenvalue weighted by Gasteiger charge is -2.01. The van der Waals surface area contributed by atoms with Crippen molar-refractivity contribution in [3.8, 4) is 16.9 Å². The maximum atomic E-state index is 13.3. The monoisotopic (exact) mass is 345 g/mol. The lowest BCUT2D eigenvalue weighted by Crippen LogP contribution is -1.94. The zero-order valence-electron chi connectivity index (χ0n) is 10.7. The van der Waals surface area contributed by atoms with Gasteiger partial charge in [0, 0.05) is 22.4 Å². The number of hydrogen-bond donors (Lipinski definition) is 0. The standard InChI is InChI=1S/C15H9BrFN3O/c16-12-1-3-14(4-2-12)20-8-11(9-21)15(19-20)10-5-13(17)7-18-6-10/h1-9H. The van der Waals surface area contributed by atoms with Crippen LogP contribution in [0.4, 0.5) is 4.39 Å². The van der Waals surface area contributed by atoms with Gasteiger partial charge in [-0.15, -0.1) is 0 Å². The molecule has 104 valence electrons. The van der Waals surface area contributed by atoms with Gasteiger partial charge in [0.25, 0.3) is 0 Å². The lowest BCUT2D eigenvalue weighted by molar-refractivity contribution is 0.112. The second-order valence-corrected chi connectivity index (χ2v) is 5.28. The van der Waals surface area contributed by atoms with Crippen LogP contribution in [0.5, 0.6) is 0 Å². The SMILES string of the molecule is O=Cc1cn(-c2ccc(Br)cc2)nc1-c1cncc(F)c1. The smallest absolute Gasteiger partial charge is 0.153 e. The van der Waals surface area contributed by atoms with E-state index in [4.69, 9.17) is 0 Å². The van der Waals surface area contributed by atoms with Crippen LogP contribution < -0.4 is 0 Å². The van der Waals surface area contributed by atoms with Crippen LogP contribution in [0, 0.1) is 5.82 Å². The molecule has 21 heavy (non-hydrogen) atoms. The summed E-state index contributed by atoms with van der Waals surface area (Å²) in [4.78, 5) is 15.0. The summed E-state index contributed by atoms with van der Waals surface area (Å²) in [6.45, 7) is 0. The van der Waals surface area contributed by atoms with Crippen LogP contribution in [-0.2, 0) is 0 Å². The molecule has 0 bridgehead atoms. The molecule has 0 fully saturated rings. The van der Waals surface area contributed by atoms with Crippen LogP contribution in [-0.4, -0.2) is 21.1 Å². The minimum absolute atomic E-state index is 0.380. The molecule has 0 aliphatic rings. The maximum Gasteiger partial charge on any atom is 0.153 e. The Balaban J connectivity index is 2.10. The molecule has 4 nitrogen and oxygen atoms in total. The Bertz CT molecular complexity index is 799. The molecule has 3 rings (SSSR count). The molecule has 0 N–H and O–H groups in total. The van der Waals surface area contributed by atoms with Gasteiger partial charge in [-0.1, -0.05) is 15.9 Å². The van der Waals surface area contributed by atoms with E-state index in [9.17, 15) is 9.18 Å². The fourth-order valence-corrected chi connectivity index (χ4v) is 2.23. The van der Waals surface area contributed by atoms with E-state index in [1.165, 1.54) is 12.3 Å². The highest BCUT2D eigenvalue weighted by molar-refractivity contribution is 9.10. The second-order valence-electron chi connectivity index (χ2n) is 4.36. The molecule has 0 unspecified atom stereocenters. The second kappa shape index (κ2) is 5.57. The van der Waals surface area contributed by atoms with Crippen LogP contribution in [0.1, 0.15) is 10.4 Å². The Kier molecular flexibility index (Phi) is 3.62. The van der Waals surface area contributed by atoms with Crippen LogP contribution >= 0.6 is 15.9 Å². The summed E-state index contributed by atoms with van der Waals surface area (Å²) in [6.07, 6.45) is 4.89. The fraction of sp³-hybridized carbons (Fsp3) is 0. The number of rotatable bonds is 3. The largest absolute Gasteiger partial charge is 0.298 e. The van der Waals surface area contributed by atoms with Crippen molar-refractivity contribution in [1.82, 2.24) is 14.8 Å². The molecule has 0 saturated carbocycles.